The molecule has 21 heavy (non-hydrogen) atoms. The van der Waals surface area contributed by atoms with Crippen LogP contribution in [0.15, 0.2) is 73.1 Å². The molecule has 3 aromatic rings. The number of hydrogen-bond donors (Lipinski definition) is 1. The van der Waals surface area contributed by atoms with Crippen LogP contribution in [0.2, 0.25) is 0 Å². The molecule has 0 aliphatic rings. The molecular weight excluding hydrogens is 260 g/mol. The Bertz CT molecular complexity index is 767. The van der Waals surface area contributed by atoms with Crippen molar-refractivity contribution in [2.24, 2.45) is 0 Å². The van der Waals surface area contributed by atoms with Gasteiger partial charge < -0.3 is 5.11 Å². The zero-order valence-electron chi connectivity index (χ0n) is 11.3. The smallest absolute Gasteiger partial charge is 0.153 e. The molecular formula is C18H14N2O. The lowest BCUT2D eigenvalue weighted by molar-refractivity contribution is 0.208. The molecule has 0 saturated heterocycles. The van der Waals surface area contributed by atoms with Crippen LogP contribution in [0.3, 0.4) is 0 Å². The van der Waals surface area contributed by atoms with Crippen LogP contribution in [0.25, 0.3) is 0 Å². The maximum atomic E-state index is 10.4. The van der Waals surface area contributed by atoms with Crippen LogP contribution in [0.4, 0.5) is 0 Å². The van der Waals surface area contributed by atoms with E-state index in [1.807, 2.05) is 60.7 Å². The summed E-state index contributed by atoms with van der Waals surface area (Å²) in [4.78, 5) is 4.22. The molecule has 0 bridgehead atoms. The summed E-state index contributed by atoms with van der Waals surface area (Å²) in [6, 6.07) is 22.2. The van der Waals surface area contributed by atoms with Gasteiger partial charge in [0.25, 0.3) is 0 Å². The van der Waals surface area contributed by atoms with E-state index in [0.29, 0.717) is 5.82 Å². The van der Waals surface area contributed by atoms with E-state index in [1.54, 1.807) is 17.0 Å². The first-order valence-corrected chi connectivity index (χ1v) is 6.68. The predicted octanol–water partition coefficient (Wildman–Crippen LogP) is 2.82. The van der Waals surface area contributed by atoms with Crippen LogP contribution >= 0.6 is 0 Å². The van der Waals surface area contributed by atoms with E-state index in [2.05, 4.69) is 16.9 Å². The number of aromatic nitrogens is 2. The van der Waals surface area contributed by atoms with Crippen molar-refractivity contribution in [1.29, 1.82) is 0 Å². The number of nitrogens with zero attached hydrogens (tertiary/aromatic N) is 2. The van der Waals surface area contributed by atoms with Gasteiger partial charge in [0.05, 0.1) is 0 Å². The van der Waals surface area contributed by atoms with Gasteiger partial charge in [-0.15, -0.1) is 0 Å². The molecule has 1 unspecified atom stereocenters. The normalized spacial score (nSPS) is 11.5. The summed E-state index contributed by atoms with van der Waals surface area (Å²) >= 11 is 0. The number of aliphatic hydroxyl groups is 1. The summed E-state index contributed by atoms with van der Waals surface area (Å²) in [5, 5.41) is 10.4. The monoisotopic (exact) mass is 274 g/mol. The fourth-order valence-electron chi connectivity index (χ4n) is 2.04. The lowest BCUT2D eigenvalue weighted by Crippen LogP contribution is -2.06. The van der Waals surface area contributed by atoms with Crippen LogP contribution in [0.1, 0.15) is 23.1 Å². The molecule has 0 saturated carbocycles. The summed E-state index contributed by atoms with van der Waals surface area (Å²) in [5.41, 5.74) is 1.72. The number of rotatable bonds is 2. The molecule has 2 aromatic carbocycles. The molecule has 1 N–H and O–H groups in total. The van der Waals surface area contributed by atoms with Gasteiger partial charge in [-0.1, -0.05) is 48.5 Å². The average Bonchev–Trinajstić information content (AvgIpc) is 3.02. The Morgan fingerprint density at radius 1 is 0.952 bits per heavy atom. The van der Waals surface area contributed by atoms with Gasteiger partial charge in [-0.2, -0.15) is 0 Å². The zero-order chi connectivity index (χ0) is 14.5. The fraction of sp³-hybridized carbons (Fsp3) is 0.0556. The van der Waals surface area contributed by atoms with Crippen molar-refractivity contribution >= 4 is 0 Å². The van der Waals surface area contributed by atoms with Crippen molar-refractivity contribution in [3.63, 3.8) is 0 Å². The summed E-state index contributed by atoms with van der Waals surface area (Å²) in [7, 11) is 0. The second kappa shape index (κ2) is 6.08. The maximum absolute atomic E-state index is 10.4. The highest BCUT2D eigenvalue weighted by Gasteiger charge is 2.14. The minimum atomic E-state index is -0.786. The van der Waals surface area contributed by atoms with E-state index in [1.165, 1.54) is 0 Å². The fourth-order valence-corrected chi connectivity index (χ4v) is 2.04. The first-order chi connectivity index (χ1) is 10.3. The molecule has 1 heterocycles. The van der Waals surface area contributed by atoms with Gasteiger partial charge >= 0.3 is 0 Å². The van der Waals surface area contributed by atoms with Gasteiger partial charge in [0.2, 0.25) is 0 Å². The number of hydrogen-bond acceptors (Lipinski definition) is 2. The molecule has 1 aromatic heterocycles. The molecule has 0 fully saturated rings. The van der Waals surface area contributed by atoms with Crippen molar-refractivity contribution in [2.75, 3.05) is 0 Å². The van der Waals surface area contributed by atoms with Crippen molar-refractivity contribution in [2.45, 2.75) is 6.10 Å². The molecule has 0 spiro atoms. The Labute approximate surface area is 123 Å². The van der Waals surface area contributed by atoms with Crippen molar-refractivity contribution in [3.8, 4) is 12.0 Å². The van der Waals surface area contributed by atoms with Crippen LogP contribution in [0, 0.1) is 12.0 Å². The van der Waals surface area contributed by atoms with Crippen LogP contribution < -0.4 is 0 Å². The van der Waals surface area contributed by atoms with E-state index in [4.69, 9.17) is 0 Å². The molecule has 3 nitrogen and oxygen atoms in total. The average molecular weight is 274 g/mol. The van der Waals surface area contributed by atoms with E-state index >= 15 is 0 Å². The van der Waals surface area contributed by atoms with Gasteiger partial charge in [0, 0.05) is 24.0 Å². The van der Waals surface area contributed by atoms with Gasteiger partial charge in [-0.3, -0.25) is 4.57 Å². The van der Waals surface area contributed by atoms with Gasteiger partial charge in [-0.25, -0.2) is 4.98 Å². The van der Waals surface area contributed by atoms with Gasteiger partial charge in [0.1, 0.15) is 6.10 Å². The molecule has 0 amide bonds. The highest BCUT2D eigenvalue weighted by Crippen LogP contribution is 2.19. The largest absolute Gasteiger partial charge is 0.380 e. The molecule has 3 heteroatoms. The SMILES string of the molecule is OC(c1ccccc1)c1nccn1C#Cc1ccccc1. The maximum Gasteiger partial charge on any atom is 0.153 e. The summed E-state index contributed by atoms with van der Waals surface area (Å²) in [5.74, 6) is 3.57. The summed E-state index contributed by atoms with van der Waals surface area (Å²) in [6.07, 6.45) is 2.60. The number of aliphatic hydroxyl groups excluding tert-OH is 1. The molecule has 3 rings (SSSR count). The Morgan fingerprint density at radius 2 is 1.62 bits per heavy atom. The van der Waals surface area contributed by atoms with E-state index in [-0.39, 0.29) is 0 Å². The molecule has 102 valence electrons. The topological polar surface area (TPSA) is 38.1 Å². The van der Waals surface area contributed by atoms with Crippen molar-refractivity contribution < 1.29 is 5.11 Å². The van der Waals surface area contributed by atoms with Crippen molar-refractivity contribution in [3.05, 3.63) is 90.0 Å². The number of imidazole rings is 1. The van der Waals surface area contributed by atoms with Crippen LogP contribution in [-0.4, -0.2) is 14.7 Å². The molecule has 0 radical (unpaired) electrons. The van der Waals surface area contributed by atoms with Gasteiger partial charge in [-0.05, 0) is 23.6 Å². The van der Waals surface area contributed by atoms with Crippen LogP contribution in [0.5, 0.6) is 0 Å². The third-order valence-electron chi connectivity index (χ3n) is 3.12. The standard InChI is InChI=1S/C18H14N2O/c21-17(16-9-5-2-6-10-16)18-19-12-14-20(18)13-11-15-7-3-1-4-8-15/h1-10,12,14,17,21H. The zero-order valence-corrected chi connectivity index (χ0v) is 11.3. The lowest BCUT2D eigenvalue weighted by atomic mass is 10.1. The van der Waals surface area contributed by atoms with E-state index in [0.717, 1.165) is 11.1 Å². The first-order valence-electron chi connectivity index (χ1n) is 6.68. The van der Waals surface area contributed by atoms with Gasteiger partial charge in [0.15, 0.2) is 5.82 Å². The third-order valence-corrected chi connectivity index (χ3v) is 3.12. The Balaban J connectivity index is 1.90. The predicted molar refractivity (Wildman–Crippen MR) is 81.4 cm³/mol. The quantitative estimate of drug-likeness (QED) is 0.730. The lowest BCUT2D eigenvalue weighted by Gasteiger charge is -2.09. The first kappa shape index (κ1) is 13.2. The minimum Gasteiger partial charge on any atom is -0.380 e. The number of benzene rings is 2. The summed E-state index contributed by atoms with van der Waals surface area (Å²) in [6.45, 7) is 0. The van der Waals surface area contributed by atoms with Crippen molar-refractivity contribution in [1.82, 2.24) is 9.55 Å². The Hall–Kier alpha value is -2.83. The van der Waals surface area contributed by atoms with E-state index < -0.39 is 6.10 Å². The molecule has 0 aliphatic heterocycles. The third kappa shape index (κ3) is 3.02. The minimum absolute atomic E-state index is 0.518. The second-order valence-electron chi connectivity index (χ2n) is 4.57. The second-order valence-corrected chi connectivity index (χ2v) is 4.57. The van der Waals surface area contributed by atoms with Crippen LogP contribution in [-0.2, 0) is 0 Å². The molecule has 1 atom stereocenters. The molecule has 0 aliphatic carbocycles. The van der Waals surface area contributed by atoms with E-state index in [9.17, 15) is 5.11 Å². The Kier molecular flexibility index (Phi) is 3.81. The highest BCUT2D eigenvalue weighted by molar-refractivity contribution is 5.34. The Morgan fingerprint density at radius 3 is 2.33 bits per heavy atom. The highest BCUT2D eigenvalue weighted by atomic mass is 16.3. The summed E-state index contributed by atoms with van der Waals surface area (Å²) < 4.78 is 1.66.